The molecule has 4 rings (SSSR count). The minimum atomic E-state index is -0.456. The van der Waals surface area contributed by atoms with Gasteiger partial charge in [-0.25, -0.2) is 9.59 Å². The molecule has 1 aromatic carbocycles. The molecule has 0 bridgehead atoms. The maximum Gasteiger partial charge on any atom is 0.344 e. The van der Waals surface area contributed by atoms with Crippen molar-refractivity contribution in [3.05, 3.63) is 41.1 Å². The highest BCUT2D eigenvalue weighted by Crippen LogP contribution is 2.40. The summed E-state index contributed by atoms with van der Waals surface area (Å²) in [5.41, 5.74) is 3.46. The molecule has 1 heterocycles. The number of hydrogen-bond acceptors (Lipinski definition) is 5. The summed E-state index contributed by atoms with van der Waals surface area (Å²) < 4.78 is 11.5. The summed E-state index contributed by atoms with van der Waals surface area (Å²) in [5.74, 6) is 0.892. The average molecular weight is 480 g/mol. The van der Waals surface area contributed by atoms with Gasteiger partial charge in [0.15, 0.2) is 6.61 Å². The third-order valence-corrected chi connectivity index (χ3v) is 8.25. The first-order valence-corrected chi connectivity index (χ1v) is 13.3. The zero-order chi connectivity index (χ0) is 25.3. The van der Waals surface area contributed by atoms with Gasteiger partial charge in [0.25, 0.3) is 0 Å². The molecular formula is C30H41NO4. The van der Waals surface area contributed by atoms with E-state index in [2.05, 4.69) is 41.5 Å². The Morgan fingerprint density at radius 3 is 2.57 bits per heavy atom. The van der Waals surface area contributed by atoms with Gasteiger partial charge < -0.3 is 9.47 Å². The predicted molar refractivity (Wildman–Crippen MR) is 138 cm³/mol. The van der Waals surface area contributed by atoms with Crippen LogP contribution >= 0.6 is 0 Å². The summed E-state index contributed by atoms with van der Waals surface area (Å²) in [4.78, 5) is 31.1. The van der Waals surface area contributed by atoms with Crippen LogP contribution in [0.5, 0.6) is 0 Å². The largest absolute Gasteiger partial charge is 0.460 e. The molecule has 0 spiro atoms. The smallest absolute Gasteiger partial charge is 0.344 e. The lowest BCUT2D eigenvalue weighted by molar-refractivity contribution is -0.159. The molecule has 4 atom stereocenters. The van der Waals surface area contributed by atoms with Crippen molar-refractivity contribution in [3.8, 4) is 0 Å². The van der Waals surface area contributed by atoms with Gasteiger partial charge in [0.05, 0.1) is 11.1 Å². The van der Waals surface area contributed by atoms with Crippen molar-refractivity contribution in [2.75, 3.05) is 6.61 Å². The normalized spacial score (nSPS) is 24.8. The van der Waals surface area contributed by atoms with Crippen molar-refractivity contribution in [1.82, 2.24) is 4.98 Å². The van der Waals surface area contributed by atoms with E-state index in [1.165, 1.54) is 6.42 Å². The molecule has 0 unspecified atom stereocenters. The number of hydrogen-bond donors (Lipinski definition) is 0. The van der Waals surface area contributed by atoms with Crippen molar-refractivity contribution in [2.45, 2.75) is 86.2 Å². The molecule has 0 amide bonds. The number of aromatic nitrogens is 1. The molecule has 0 aliphatic heterocycles. The van der Waals surface area contributed by atoms with E-state index in [1.54, 1.807) is 0 Å². The van der Waals surface area contributed by atoms with Crippen LogP contribution in [0.15, 0.2) is 24.3 Å². The van der Waals surface area contributed by atoms with Crippen LogP contribution in [0.25, 0.3) is 10.9 Å². The van der Waals surface area contributed by atoms with E-state index in [4.69, 9.17) is 14.5 Å². The molecule has 1 saturated carbocycles. The van der Waals surface area contributed by atoms with Gasteiger partial charge >= 0.3 is 11.9 Å². The van der Waals surface area contributed by atoms with Gasteiger partial charge in [0, 0.05) is 11.1 Å². The van der Waals surface area contributed by atoms with Crippen molar-refractivity contribution in [3.63, 3.8) is 0 Å². The molecule has 0 N–H and O–H groups in total. The molecule has 0 radical (unpaired) electrons. The van der Waals surface area contributed by atoms with Gasteiger partial charge in [0.2, 0.25) is 0 Å². The van der Waals surface area contributed by atoms with Gasteiger partial charge in [-0.05, 0) is 72.8 Å². The topological polar surface area (TPSA) is 65.5 Å². The Morgan fingerprint density at radius 2 is 1.86 bits per heavy atom. The number of pyridine rings is 1. The van der Waals surface area contributed by atoms with E-state index in [1.807, 2.05) is 24.3 Å². The number of rotatable bonds is 5. The summed E-state index contributed by atoms with van der Waals surface area (Å²) in [5, 5.41) is 0.792. The molecule has 2 aliphatic rings. The number of para-hydroxylation sites is 1. The Hall–Kier alpha value is -2.43. The van der Waals surface area contributed by atoms with E-state index in [-0.39, 0.29) is 18.1 Å². The summed E-state index contributed by atoms with van der Waals surface area (Å²) >= 11 is 0. The zero-order valence-electron chi connectivity index (χ0n) is 22.2. The molecule has 1 aromatic heterocycles. The molecule has 5 heteroatoms. The van der Waals surface area contributed by atoms with Crippen LogP contribution in [0.4, 0.5) is 0 Å². The van der Waals surface area contributed by atoms with Gasteiger partial charge in [-0.1, -0.05) is 66.2 Å². The van der Waals surface area contributed by atoms with E-state index >= 15 is 0 Å². The Bertz CT molecular complexity index is 1080. The highest BCUT2D eigenvalue weighted by molar-refractivity contribution is 6.05. The monoisotopic (exact) mass is 479 g/mol. The Morgan fingerprint density at radius 1 is 1.11 bits per heavy atom. The molecule has 1 fully saturated rings. The third kappa shape index (κ3) is 5.70. The number of nitrogens with zero attached hydrogens (tertiary/aromatic N) is 1. The first-order valence-electron chi connectivity index (χ1n) is 13.3. The van der Waals surface area contributed by atoms with Crippen LogP contribution in [0.2, 0.25) is 0 Å². The number of carbonyl (C=O) groups excluding carboxylic acids is 2. The van der Waals surface area contributed by atoms with Crippen molar-refractivity contribution in [2.24, 2.45) is 29.1 Å². The second-order valence-electron chi connectivity index (χ2n) is 12.2. The Kier molecular flexibility index (Phi) is 7.54. The molecule has 0 saturated heterocycles. The molecule has 2 aliphatic carbocycles. The standard InChI is InChI=1S/C30H41NO4/c1-18(2)21-13-11-19(3)15-26(21)35-27(32)17-34-29(33)28-22-9-7-8-10-24(22)31-25-14-12-20(16-23(25)28)30(4,5)6/h7-10,18-21,26H,11-17H2,1-6H3/t19-,20+,21-,26-/m1/s1. The van der Waals surface area contributed by atoms with Gasteiger partial charge in [0.1, 0.15) is 6.10 Å². The summed E-state index contributed by atoms with van der Waals surface area (Å²) in [6.45, 7) is 13.0. The number of esters is 2. The van der Waals surface area contributed by atoms with Crippen LogP contribution < -0.4 is 0 Å². The summed E-state index contributed by atoms with van der Waals surface area (Å²) in [7, 11) is 0. The maximum absolute atomic E-state index is 13.5. The quantitative estimate of drug-likeness (QED) is 0.455. The van der Waals surface area contributed by atoms with Gasteiger partial charge in [-0.15, -0.1) is 0 Å². The van der Waals surface area contributed by atoms with Crippen LogP contribution in [-0.4, -0.2) is 29.6 Å². The second kappa shape index (κ2) is 10.3. The fourth-order valence-electron chi connectivity index (χ4n) is 6.01. The summed E-state index contributed by atoms with van der Waals surface area (Å²) in [6, 6.07) is 7.72. The zero-order valence-corrected chi connectivity index (χ0v) is 22.2. The molecule has 2 aromatic rings. The number of carbonyl (C=O) groups is 2. The van der Waals surface area contributed by atoms with Crippen LogP contribution in [-0.2, 0) is 27.1 Å². The molecule has 190 valence electrons. The van der Waals surface area contributed by atoms with Crippen LogP contribution in [0, 0.1) is 29.1 Å². The van der Waals surface area contributed by atoms with Crippen molar-refractivity contribution >= 4 is 22.8 Å². The fraction of sp³-hybridized carbons (Fsp3) is 0.633. The average Bonchev–Trinajstić information content (AvgIpc) is 2.79. The first kappa shape index (κ1) is 25.7. The SMILES string of the molecule is CC(C)[C@H]1CC[C@@H](C)C[C@H]1OC(=O)COC(=O)c1c2c(nc3ccccc13)CC[C@H](C(C)(C)C)C2. The molecular weight excluding hydrogens is 438 g/mol. The van der Waals surface area contributed by atoms with Crippen molar-refractivity contribution in [1.29, 1.82) is 0 Å². The molecule has 5 nitrogen and oxygen atoms in total. The fourth-order valence-corrected chi connectivity index (χ4v) is 6.01. The Labute approximate surface area is 210 Å². The minimum Gasteiger partial charge on any atom is -0.460 e. The van der Waals surface area contributed by atoms with E-state index < -0.39 is 11.9 Å². The van der Waals surface area contributed by atoms with Crippen molar-refractivity contribution < 1.29 is 19.1 Å². The van der Waals surface area contributed by atoms with Gasteiger partial charge in [-0.3, -0.25) is 4.98 Å². The highest BCUT2D eigenvalue weighted by Gasteiger charge is 2.35. The predicted octanol–water partition coefficient (Wildman–Crippen LogP) is 6.55. The minimum absolute atomic E-state index is 0.105. The number of ether oxygens (including phenoxy) is 2. The van der Waals surface area contributed by atoms with E-state index in [0.29, 0.717) is 29.2 Å². The van der Waals surface area contributed by atoms with Crippen LogP contribution in [0.3, 0.4) is 0 Å². The second-order valence-corrected chi connectivity index (χ2v) is 12.2. The first-order chi connectivity index (χ1) is 16.5. The Balaban J connectivity index is 1.53. The maximum atomic E-state index is 13.5. The third-order valence-electron chi connectivity index (χ3n) is 8.25. The van der Waals surface area contributed by atoms with E-state index in [9.17, 15) is 9.59 Å². The number of aryl methyl sites for hydroxylation is 1. The number of fused-ring (bicyclic) bond motifs is 2. The summed E-state index contributed by atoms with van der Waals surface area (Å²) in [6.07, 6.45) is 5.70. The lowest BCUT2D eigenvalue weighted by atomic mass is 9.70. The van der Waals surface area contributed by atoms with Gasteiger partial charge in [-0.2, -0.15) is 0 Å². The van der Waals surface area contributed by atoms with E-state index in [0.717, 1.165) is 54.3 Å². The molecule has 35 heavy (non-hydrogen) atoms. The highest BCUT2D eigenvalue weighted by atomic mass is 16.6. The number of benzene rings is 1. The lowest BCUT2D eigenvalue weighted by Gasteiger charge is -2.36. The lowest BCUT2D eigenvalue weighted by Crippen LogP contribution is -2.37. The van der Waals surface area contributed by atoms with Crippen LogP contribution in [0.1, 0.15) is 88.8 Å².